The largest absolute Gasteiger partial charge is 0.477 e. The van der Waals surface area contributed by atoms with E-state index in [0.29, 0.717) is 6.54 Å². The van der Waals surface area contributed by atoms with E-state index in [9.17, 15) is 4.79 Å². The Morgan fingerprint density at radius 1 is 1.50 bits per heavy atom. The van der Waals surface area contributed by atoms with Crippen molar-refractivity contribution >= 4 is 18.6 Å². The third-order valence-electron chi connectivity index (χ3n) is 1.66. The van der Waals surface area contributed by atoms with Gasteiger partial charge in [0.15, 0.2) is 0 Å². The van der Waals surface area contributed by atoms with Gasteiger partial charge in [-0.05, 0) is 19.2 Å². The molecule has 0 fully saturated rings. The Morgan fingerprint density at radius 3 is 2.33 bits per heavy atom. The maximum atomic E-state index is 10.3. The van der Waals surface area contributed by atoms with Crippen LogP contribution in [-0.4, -0.2) is 35.6 Å². The lowest BCUT2D eigenvalue weighted by Gasteiger charge is -2.14. The molecule has 0 bridgehead atoms. The molecule has 4 heteroatoms. The number of hydrogen-bond acceptors (Lipinski definition) is 3. The van der Waals surface area contributed by atoms with E-state index in [2.05, 4.69) is 17.5 Å². The molecule has 1 N–H and O–H groups in total. The summed E-state index contributed by atoms with van der Waals surface area (Å²) in [5.41, 5.74) is 0. The first-order valence-electron chi connectivity index (χ1n) is 3.96. The SMILES string of the molecule is CCN(CC)C/C=C(\S)C(=O)O. The Morgan fingerprint density at radius 2 is 2.00 bits per heavy atom. The molecule has 70 valence electrons. The number of rotatable bonds is 5. The molecule has 0 amide bonds. The first kappa shape index (κ1) is 11.5. The minimum atomic E-state index is -0.967. The van der Waals surface area contributed by atoms with Crippen LogP contribution in [0.4, 0.5) is 0 Å². The molecule has 0 aromatic carbocycles. The van der Waals surface area contributed by atoms with E-state index in [1.807, 2.05) is 13.8 Å². The zero-order valence-electron chi connectivity index (χ0n) is 7.45. The minimum Gasteiger partial charge on any atom is -0.477 e. The third kappa shape index (κ3) is 4.41. The molecule has 0 saturated carbocycles. The summed E-state index contributed by atoms with van der Waals surface area (Å²) < 4.78 is 0. The van der Waals surface area contributed by atoms with Crippen LogP contribution < -0.4 is 0 Å². The van der Waals surface area contributed by atoms with Crippen molar-refractivity contribution < 1.29 is 9.90 Å². The summed E-state index contributed by atoms with van der Waals surface area (Å²) in [5.74, 6) is -0.967. The van der Waals surface area contributed by atoms with Crippen molar-refractivity contribution in [2.75, 3.05) is 19.6 Å². The van der Waals surface area contributed by atoms with Gasteiger partial charge in [0.05, 0.1) is 4.91 Å². The van der Waals surface area contributed by atoms with E-state index < -0.39 is 5.97 Å². The number of likely N-dealkylation sites (N-methyl/N-ethyl adjacent to an activating group) is 1. The summed E-state index contributed by atoms with van der Waals surface area (Å²) in [4.78, 5) is 12.5. The van der Waals surface area contributed by atoms with Crippen LogP contribution >= 0.6 is 12.6 Å². The van der Waals surface area contributed by atoms with E-state index in [-0.39, 0.29) is 4.91 Å². The van der Waals surface area contributed by atoms with Crippen molar-refractivity contribution in [3.05, 3.63) is 11.0 Å². The summed E-state index contributed by atoms with van der Waals surface area (Å²) in [6.45, 7) is 6.58. The molecule has 0 unspecified atom stereocenters. The van der Waals surface area contributed by atoms with Crippen molar-refractivity contribution in [2.24, 2.45) is 0 Å². The molecular weight excluding hydrogens is 174 g/mol. The fourth-order valence-corrected chi connectivity index (χ4v) is 0.866. The highest BCUT2D eigenvalue weighted by Gasteiger charge is 2.01. The van der Waals surface area contributed by atoms with Gasteiger partial charge in [0.1, 0.15) is 0 Å². The van der Waals surface area contributed by atoms with Crippen LogP contribution in [0.3, 0.4) is 0 Å². The van der Waals surface area contributed by atoms with Gasteiger partial charge in [0, 0.05) is 6.54 Å². The van der Waals surface area contributed by atoms with E-state index in [0.717, 1.165) is 13.1 Å². The highest BCUT2D eigenvalue weighted by Crippen LogP contribution is 2.00. The van der Waals surface area contributed by atoms with Gasteiger partial charge in [-0.15, -0.1) is 12.6 Å². The molecular formula is C8H15NO2S. The van der Waals surface area contributed by atoms with Crippen LogP contribution in [0.1, 0.15) is 13.8 Å². The molecule has 0 aliphatic rings. The number of carbonyl (C=O) groups is 1. The summed E-state index contributed by atoms with van der Waals surface area (Å²) in [5, 5.41) is 8.48. The summed E-state index contributed by atoms with van der Waals surface area (Å²) in [6.07, 6.45) is 1.61. The van der Waals surface area contributed by atoms with Crippen LogP contribution in [-0.2, 0) is 4.79 Å². The Labute approximate surface area is 78.5 Å². The van der Waals surface area contributed by atoms with Gasteiger partial charge in [-0.3, -0.25) is 0 Å². The molecule has 0 rings (SSSR count). The Hall–Kier alpha value is -0.480. The van der Waals surface area contributed by atoms with Gasteiger partial charge >= 0.3 is 5.97 Å². The second-order valence-electron chi connectivity index (χ2n) is 2.38. The van der Waals surface area contributed by atoms with E-state index in [1.165, 1.54) is 0 Å². The molecule has 12 heavy (non-hydrogen) atoms. The predicted octanol–water partition coefficient (Wildman–Crippen LogP) is 1.23. The van der Waals surface area contributed by atoms with Crippen LogP contribution in [0.5, 0.6) is 0 Å². The van der Waals surface area contributed by atoms with Gasteiger partial charge < -0.3 is 10.0 Å². The Kier molecular flexibility index (Phi) is 5.84. The van der Waals surface area contributed by atoms with Crippen molar-refractivity contribution in [2.45, 2.75) is 13.8 Å². The number of aliphatic carboxylic acids is 1. The second kappa shape index (κ2) is 6.08. The van der Waals surface area contributed by atoms with E-state index >= 15 is 0 Å². The van der Waals surface area contributed by atoms with Crippen LogP contribution in [0.25, 0.3) is 0 Å². The highest BCUT2D eigenvalue weighted by atomic mass is 32.1. The maximum Gasteiger partial charge on any atom is 0.341 e. The molecule has 0 atom stereocenters. The summed E-state index contributed by atoms with van der Waals surface area (Å²) >= 11 is 3.81. The zero-order chi connectivity index (χ0) is 9.56. The highest BCUT2D eigenvalue weighted by molar-refractivity contribution is 7.85. The molecule has 0 aliphatic heterocycles. The van der Waals surface area contributed by atoms with E-state index in [1.54, 1.807) is 6.08 Å². The van der Waals surface area contributed by atoms with Gasteiger partial charge in [0.2, 0.25) is 0 Å². The topological polar surface area (TPSA) is 40.5 Å². The first-order valence-corrected chi connectivity index (χ1v) is 4.41. The lowest BCUT2D eigenvalue weighted by molar-refractivity contribution is -0.131. The standard InChI is InChI=1S/C8H15NO2S/c1-3-9(4-2)6-5-7(12)8(10)11/h5,12H,3-4,6H2,1-2H3,(H,10,11)/b7-5-. The molecule has 0 saturated heterocycles. The van der Waals surface area contributed by atoms with Crippen LogP contribution in [0.2, 0.25) is 0 Å². The number of carboxylic acids is 1. The molecule has 0 aromatic rings. The quantitative estimate of drug-likeness (QED) is 0.505. The van der Waals surface area contributed by atoms with Gasteiger partial charge in [0.25, 0.3) is 0 Å². The van der Waals surface area contributed by atoms with Gasteiger partial charge in [-0.25, -0.2) is 4.79 Å². The van der Waals surface area contributed by atoms with Crippen LogP contribution in [0, 0.1) is 0 Å². The molecule has 0 spiro atoms. The second-order valence-corrected chi connectivity index (χ2v) is 2.86. The third-order valence-corrected chi connectivity index (χ3v) is 2.03. The zero-order valence-corrected chi connectivity index (χ0v) is 8.34. The predicted molar refractivity (Wildman–Crippen MR) is 52.5 cm³/mol. The Balaban J connectivity index is 3.93. The molecule has 0 radical (unpaired) electrons. The lowest BCUT2D eigenvalue weighted by Crippen LogP contribution is -2.23. The summed E-state index contributed by atoms with van der Waals surface area (Å²) in [6, 6.07) is 0. The maximum absolute atomic E-state index is 10.3. The van der Waals surface area contributed by atoms with Gasteiger partial charge in [-0.2, -0.15) is 0 Å². The van der Waals surface area contributed by atoms with Gasteiger partial charge in [-0.1, -0.05) is 13.8 Å². The smallest absolute Gasteiger partial charge is 0.341 e. The number of thiol groups is 1. The molecule has 0 aliphatic carbocycles. The first-order chi connectivity index (χ1) is 5.61. The average Bonchev–Trinajstić information content (AvgIpc) is 2.05. The number of hydrogen-bond donors (Lipinski definition) is 2. The van der Waals surface area contributed by atoms with Crippen molar-refractivity contribution in [3.63, 3.8) is 0 Å². The minimum absolute atomic E-state index is 0.113. The normalized spacial score (nSPS) is 12.2. The number of nitrogens with zero attached hydrogens (tertiary/aromatic N) is 1. The monoisotopic (exact) mass is 189 g/mol. The fraction of sp³-hybridized carbons (Fsp3) is 0.625. The van der Waals surface area contributed by atoms with Crippen molar-refractivity contribution in [3.8, 4) is 0 Å². The average molecular weight is 189 g/mol. The van der Waals surface area contributed by atoms with Crippen LogP contribution in [0.15, 0.2) is 11.0 Å². The lowest BCUT2D eigenvalue weighted by atomic mass is 10.4. The van der Waals surface area contributed by atoms with Crippen molar-refractivity contribution in [1.29, 1.82) is 0 Å². The fourth-order valence-electron chi connectivity index (χ4n) is 0.785. The molecule has 0 heterocycles. The summed E-state index contributed by atoms with van der Waals surface area (Å²) in [7, 11) is 0. The molecule has 3 nitrogen and oxygen atoms in total. The molecule has 0 aromatic heterocycles. The number of carboxylic acid groups (broad SMARTS) is 1. The van der Waals surface area contributed by atoms with Crippen molar-refractivity contribution in [1.82, 2.24) is 4.90 Å². The van der Waals surface area contributed by atoms with E-state index in [4.69, 9.17) is 5.11 Å². The Bertz CT molecular complexity index is 176.